The molecule has 1 amide bonds. The van der Waals surface area contributed by atoms with Crippen LogP contribution >= 0.6 is 0 Å². The van der Waals surface area contributed by atoms with E-state index in [4.69, 9.17) is 19.3 Å². The Labute approximate surface area is 160 Å². The molecule has 9 nitrogen and oxygen atoms in total. The topological polar surface area (TPSA) is 138 Å². The second-order valence-electron chi connectivity index (χ2n) is 6.78. The predicted molar refractivity (Wildman–Crippen MR) is 96.9 cm³/mol. The van der Waals surface area contributed by atoms with E-state index in [-0.39, 0.29) is 12.5 Å². The summed E-state index contributed by atoms with van der Waals surface area (Å²) in [7, 11) is 1.69. The van der Waals surface area contributed by atoms with Crippen LogP contribution in [0.1, 0.15) is 44.9 Å². The molecule has 1 saturated heterocycles. The second-order valence-corrected chi connectivity index (χ2v) is 6.78. The van der Waals surface area contributed by atoms with Crippen LogP contribution in [0.5, 0.6) is 0 Å². The molecule has 5 unspecified atom stereocenters. The molecule has 0 aliphatic carbocycles. The van der Waals surface area contributed by atoms with Gasteiger partial charge in [-0.2, -0.15) is 0 Å². The molecular weight excluding hydrogens is 358 g/mol. The Hall–Kier alpha value is -0.810. The quantitative estimate of drug-likeness (QED) is 0.244. The van der Waals surface area contributed by atoms with Gasteiger partial charge in [0.25, 0.3) is 0 Å². The molecule has 1 fully saturated rings. The fourth-order valence-corrected chi connectivity index (χ4v) is 2.83. The van der Waals surface area contributed by atoms with Crippen LogP contribution in [0.2, 0.25) is 0 Å². The van der Waals surface area contributed by atoms with Crippen LogP contribution in [0.3, 0.4) is 0 Å². The first-order chi connectivity index (χ1) is 13.0. The maximum atomic E-state index is 11.7. The van der Waals surface area contributed by atoms with Crippen molar-refractivity contribution in [1.29, 1.82) is 0 Å². The average Bonchev–Trinajstić information content (AvgIpc) is 2.66. The molecule has 27 heavy (non-hydrogen) atoms. The van der Waals surface area contributed by atoms with E-state index in [2.05, 4.69) is 5.32 Å². The first-order valence-corrected chi connectivity index (χ1v) is 9.69. The van der Waals surface area contributed by atoms with Crippen molar-refractivity contribution in [2.75, 3.05) is 33.5 Å². The molecule has 5 atom stereocenters. The summed E-state index contributed by atoms with van der Waals surface area (Å²) < 4.78 is 15.6. The highest BCUT2D eigenvalue weighted by molar-refractivity contribution is 5.75. The summed E-state index contributed by atoms with van der Waals surface area (Å²) in [5, 5.41) is 41.2. The van der Waals surface area contributed by atoms with Crippen molar-refractivity contribution in [1.82, 2.24) is 5.32 Å². The van der Waals surface area contributed by atoms with E-state index in [1.165, 1.54) is 0 Å². The molecule has 0 spiro atoms. The molecule has 0 aromatic rings. The molecule has 1 aliphatic heterocycles. The Bertz CT molecular complexity index is 396. The standard InChI is InChI=1S/C18H35NO8/c1-25-10-6-3-2-5-9-19-14(21)8-4-7-11-26-18-17(24)16(23)15(22)13(12-20)27-18/h13,15-18,20,22-24H,2-12H2,1H3,(H,19,21). The van der Waals surface area contributed by atoms with Crippen molar-refractivity contribution in [2.24, 2.45) is 0 Å². The zero-order chi connectivity index (χ0) is 20.1. The minimum absolute atomic E-state index is 0.000248. The van der Waals surface area contributed by atoms with Crippen LogP contribution in [-0.4, -0.2) is 90.5 Å². The summed E-state index contributed by atoms with van der Waals surface area (Å²) in [6.07, 6.45) is -0.576. The largest absolute Gasteiger partial charge is 0.394 e. The zero-order valence-corrected chi connectivity index (χ0v) is 16.1. The van der Waals surface area contributed by atoms with Gasteiger partial charge in [-0.1, -0.05) is 12.8 Å². The predicted octanol–water partition coefficient (Wildman–Crippen LogP) is -0.704. The number of methoxy groups -OCH3 is 1. The monoisotopic (exact) mass is 393 g/mol. The number of aliphatic hydroxyl groups is 4. The molecule has 0 saturated carbocycles. The molecule has 5 N–H and O–H groups in total. The van der Waals surface area contributed by atoms with Crippen molar-refractivity contribution in [3.8, 4) is 0 Å². The lowest BCUT2D eigenvalue weighted by Gasteiger charge is -2.39. The van der Waals surface area contributed by atoms with Crippen molar-refractivity contribution in [3.63, 3.8) is 0 Å². The first kappa shape index (κ1) is 24.2. The van der Waals surface area contributed by atoms with Crippen molar-refractivity contribution >= 4 is 5.91 Å². The Balaban J connectivity index is 2.05. The van der Waals surface area contributed by atoms with Gasteiger partial charge in [0.15, 0.2) is 6.29 Å². The molecule has 1 heterocycles. The van der Waals surface area contributed by atoms with Gasteiger partial charge in [-0.05, 0) is 25.7 Å². The van der Waals surface area contributed by atoms with E-state index in [0.717, 1.165) is 32.3 Å². The summed E-state index contributed by atoms with van der Waals surface area (Å²) >= 11 is 0. The number of amides is 1. The van der Waals surface area contributed by atoms with E-state index in [1.54, 1.807) is 7.11 Å². The van der Waals surface area contributed by atoms with Crippen LogP contribution in [0, 0.1) is 0 Å². The SMILES string of the molecule is COCCCCCCNC(=O)CCCCOC1OC(CO)C(O)C(O)C1O. The Morgan fingerprint density at radius 2 is 1.67 bits per heavy atom. The molecule has 0 aromatic heterocycles. The maximum Gasteiger partial charge on any atom is 0.219 e. The van der Waals surface area contributed by atoms with Gasteiger partial charge in [-0.25, -0.2) is 0 Å². The Kier molecular flexibility index (Phi) is 12.8. The number of unbranched alkanes of at least 4 members (excludes halogenated alkanes) is 4. The molecule has 160 valence electrons. The van der Waals surface area contributed by atoms with E-state index in [1.807, 2.05) is 0 Å². The highest BCUT2D eigenvalue weighted by Gasteiger charge is 2.43. The lowest BCUT2D eigenvalue weighted by Crippen LogP contribution is -2.59. The van der Waals surface area contributed by atoms with E-state index in [0.29, 0.717) is 25.8 Å². The maximum absolute atomic E-state index is 11.7. The van der Waals surface area contributed by atoms with Gasteiger partial charge in [0, 0.05) is 33.3 Å². The van der Waals surface area contributed by atoms with Crippen LogP contribution in [0.15, 0.2) is 0 Å². The van der Waals surface area contributed by atoms with Crippen molar-refractivity contribution in [2.45, 2.75) is 75.7 Å². The lowest BCUT2D eigenvalue weighted by atomic mass is 9.99. The first-order valence-electron chi connectivity index (χ1n) is 9.69. The van der Waals surface area contributed by atoms with Crippen molar-refractivity contribution in [3.05, 3.63) is 0 Å². The number of aliphatic hydroxyl groups excluding tert-OH is 4. The number of nitrogens with one attached hydrogen (secondary N) is 1. The minimum Gasteiger partial charge on any atom is -0.394 e. The average molecular weight is 393 g/mol. The number of ether oxygens (including phenoxy) is 3. The second kappa shape index (κ2) is 14.2. The fourth-order valence-electron chi connectivity index (χ4n) is 2.83. The molecular formula is C18H35NO8. The summed E-state index contributed by atoms with van der Waals surface area (Å²) in [4.78, 5) is 11.7. The molecule has 0 radical (unpaired) electrons. The number of hydrogen-bond donors (Lipinski definition) is 5. The van der Waals surface area contributed by atoms with E-state index < -0.39 is 37.3 Å². The third-order valence-corrected chi connectivity index (χ3v) is 4.53. The van der Waals surface area contributed by atoms with Gasteiger partial charge in [0.1, 0.15) is 24.4 Å². The molecule has 0 bridgehead atoms. The van der Waals surface area contributed by atoms with Gasteiger partial charge in [-0.15, -0.1) is 0 Å². The van der Waals surface area contributed by atoms with Crippen LogP contribution in [0.4, 0.5) is 0 Å². The van der Waals surface area contributed by atoms with Crippen molar-refractivity contribution < 1.29 is 39.4 Å². The van der Waals surface area contributed by atoms with Crippen LogP contribution < -0.4 is 5.32 Å². The number of carbonyl (C=O) groups is 1. The number of hydrogen-bond acceptors (Lipinski definition) is 8. The summed E-state index contributed by atoms with van der Waals surface area (Å²) in [6, 6.07) is 0. The molecule has 0 aromatic carbocycles. The van der Waals surface area contributed by atoms with E-state index >= 15 is 0 Å². The molecule has 1 rings (SSSR count). The Morgan fingerprint density at radius 3 is 2.37 bits per heavy atom. The highest BCUT2D eigenvalue weighted by atomic mass is 16.7. The fraction of sp³-hybridized carbons (Fsp3) is 0.944. The van der Waals surface area contributed by atoms with E-state index in [9.17, 15) is 20.1 Å². The molecule has 9 heteroatoms. The minimum atomic E-state index is -1.44. The zero-order valence-electron chi connectivity index (χ0n) is 16.1. The summed E-state index contributed by atoms with van der Waals surface area (Å²) in [5.41, 5.74) is 0. The summed E-state index contributed by atoms with van der Waals surface area (Å²) in [6.45, 7) is 1.19. The number of carbonyl (C=O) groups excluding carboxylic acids is 1. The normalized spacial score (nSPS) is 28.3. The van der Waals surface area contributed by atoms with Crippen LogP contribution in [0.25, 0.3) is 0 Å². The highest BCUT2D eigenvalue weighted by Crippen LogP contribution is 2.22. The third-order valence-electron chi connectivity index (χ3n) is 4.53. The lowest BCUT2D eigenvalue weighted by molar-refractivity contribution is -0.301. The van der Waals surface area contributed by atoms with Gasteiger partial charge >= 0.3 is 0 Å². The number of rotatable bonds is 14. The Morgan fingerprint density at radius 1 is 0.963 bits per heavy atom. The molecule has 1 aliphatic rings. The van der Waals surface area contributed by atoms with Crippen LogP contribution in [-0.2, 0) is 19.0 Å². The summed E-state index contributed by atoms with van der Waals surface area (Å²) in [5.74, 6) is -0.000248. The van der Waals surface area contributed by atoms with Gasteiger partial charge < -0.3 is 40.0 Å². The smallest absolute Gasteiger partial charge is 0.219 e. The van der Waals surface area contributed by atoms with Gasteiger partial charge in [0.2, 0.25) is 5.91 Å². The third kappa shape index (κ3) is 9.29. The van der Waals surface area contributed by atoms with Gasteiger partial charge in [-0.3, -0.25) is 4.79 Å². The van der Waals surface area contributed by atoms with Gasteiger partial charge in [0.05, 0.1) is 6.61 Å².